The quantitative estimate of drug-likeness (QED) is 0.813. The zero-order valence-electron chi connectivity index (χ0n) is 9.49. The molecule has 1 fully saturated rings. The fraction of sp³-hybridized carbons (Fsp3) is 0.600. The van der Waals surface area contributed by atoms with E-state index in [9.17, 15) is 4.79 Å². The molecule has 0 aliphatic carbocycles. The fourth-order valence-electron chi connectivity index (χ4n) is 1.80. The highest BCUT2D eigenvalue weighted by Gasteiger charge is 2.25. The molecule has 1 aliphatic rings. The Balaban J connectivity index is 2.11. The summed E-state index contributed by atoms with van der Waals surface area (Å²) in [5.74, 6) is 1.71. The number of aromatic nitrogens is 2. The van der Waals surface area contributed by atoms with Gasteiger partial charge in [0.15, 0.2) is 5.82 Å². The van der Waals surface area contributed by atoms with Crippen molar-refractivity contribution < 1.29 is 4.79 Å². The summed E-state index contributed by atoms with van der Waals surface area (Å²) in [6.45, 7) is 1.83. The van der Waals surface area contributed by atoms with Gasteiger partial charge in [-0.2, -0.15) is 5.10 Å². The van der Waals surface area contributed by atoms with Crippen LogP contribution < -0.4 is 11.1 Å². The Labute approximate surface area is 98.8 Å². The van der Waals surface area contributed by atoms with Gasteiger partial charge in [-0.15, -0.1) is 11.8 Å². The van der Waals surface area contributed by atoms with E-state index in [4.69, 9.17) is 5.73 Å². The molecular formula is C10H16N4OS. The molecule has 0 saturated carbocycles. The number of nitrogen functional groups attached to an aromatic ring is 1. The number of nitrogens with one attached hydrogen (secondary N) is 1. The maximum Gasteiger partial charge on any atom is 0.238 e. The minimum atomic E-state index is 0.0391. The maximum absolute atomic E-state index is 11.9. The Morgan fingerprint density at radius 1 is 1.69 bits per heavy atom. The molecule has 0 radical (unpaired) electrons. The van der Waals surface area contributed by atoms with Crippen LogP contribution in [-0.2, 0) is 11.8 Å². The lowest BCUT2D eigenvalue weighted by atomic mass is 10.2. The largest absolute Gasteiger partial charge is 0.394 e. The van der Waals surface area contributed by atoms with Crippen molar-refractivity contribution >= 4 is 29.2 Å². The van der Waals surface area contributed by atoms with Gasteiger partial charge < -0.3 is 11.1 Å². The number of aryl methyl sites for hydroxylation is 2. The molecule has 1 atom stereocenters. The summed E-state index contributed by atoms with van der Waals surface area (Å²) in [4.78, 5) is 11.9. The third-order valence-electron chi connectivity index (χ3n) is 2.73. The van der Waals surface area contributed by atoms with Gasteiger partial charge in [-0.05, 0) is 25.5 Å². The first kappa shape index (κ1) is 11.3. The van der Waals surface area contributed by atoms with E-state index in [0.717, 1.165) is 24.3 Å². The molecule has 1 aliphatic heterocycles. The van der Waals surface area contributed by atoms with E-state index in [2.05, 4.69) is 10.4 Å². The average molecular weight is 240 g/mol. The molecule has 3 N–H and O–H groups in total. The van der Waals surface area contributed by atoms with Crippen LogP contribution in [-0.4, -0.2) is 26.7 Å². The molecule has 1 amide bonds. The summed E-state index contributed by atoms with van der Waals surface area (Å²) >= 11 is 1.71. The lowest BCUT2D eigenvalue weighted by Crippen LogP contribution is -2.24. The van der Waals surface area contributed by atoms with E-state index in [1.807, 2.05) is 6.92 Å². The van der Waals surface area contributed by atoms with Gasteiger partial charge in [0, 0.05) is 7.05 Å². The van der Waals surface area contributed by atoms with E-state index < -0.39 is 0 Å². The summed E-state index contributed by atoms with van der Waals surface area (Å²) in [6.07, 6.45) is 2.07. The number of hydrogen-bond donors (Lipinski definition) is 2. The maximum atomic E-state index is 11.9. The van der Waals surface area contributed by atoms with Crippen molar-refractivity contribution in [3.63, 3.8) is 0 Å². The minimum absolute atomic E-state index is 0.0391. The van der Waals surface area contributed by atoms with Crippen LogP contribution in [0.4, 0.5) is 11.5 Å². The van der Waals surface area contributed by atoms with Gasteiger partial charge in [-0.3, -0.25) is 9.48 Å². The molecule has 0 spiro atoms. The lowest BCUT2D eigenvalue weighted by Gasteiger charge is -2.10. The van der Waals surface area contributed by atoms with Gasteiger partial charge >= 0.3 is 0 Å². The molecule has 2 heterocycles. The van der Waals surface area contributed by atoms with Crippen molar-refractivity contribution in [3.05, 3.63) is 5.69 Å². The number of nitrogens with two attached hydrogens (primary N) is 1. The Kier molecular flexibility index (Phi) is 3.09. The van der Waals surface area contributed by atoms with Crippen LogP contribution in [0.25, 0.3) is 0 Å². The van der Waals surface area contributed by atoms with E-state index >= 15 is 0 Å². The molecule has 1 saturated heterocycles. The summed E-state index contributed by atoms with van der Waals surface area (Å²) < 4.78 is 1.61. The first-order valence-corrected chi connectivity index (χ1v) is 6.36. The first-order chi connectivity index (χ1) is 7.59. The number of anilines is 2. The Morgan fingerprint density at radius 3 is 2.94 bits per heavy atom. The number of rotatable bonds is 2. The van der Waals surface area contributed by atoms with Crippen LogP contribution >= 0.6 is 11.8 Å². The minimum Gasteiger partial charge on any atom is -0.394 e. The van der Waals surface area contributed by atoms with Crippen LogP contribution in [0.1, 0.15) is 18.5 Å². The zero-order valence-corrected chi connectivity index (χ0v) is 10.3. The molecule has 6 heteroatoms. The standard InChI is InChI=1S/C10H16N4OS/c1-6-8(11)9(14(2)13-6)12-10(15)7-4-3-5-16-7/h7H,3-5,11H2,1-2H3,(H,12,15). The third-order valence-corrected chi connectivity index (χ3v) is 4.11. The van der Waals surface area contributed by atoms with Crippen molar-refractivity contribution in [1.82, 2.24) is 9.78 Å². The molecule has 1 aromatic heterocycles. The van der Waals surface area contributed by atoms with Gasteiger partial charge in [-0.1, -0.05) is 0 Å². The van der Waals surface area contributed by atoms with Gasteiger partial charge in [0.1, 0.15) is 0 Å². The van der Waals surface area contributed by atoms with Crippen LogP contribution in [0.15, 0.2) is 0 Å². The predicted molar refractivity (Wildman–Crippen MR) is 66.5 cm³/mol. The number of hydrogen-bond acceptors (Lipinski definition) is 4. The number of nitrogens with zero attached hydrogens (tertiary/aromatic N) is 2. The molecule has 1 aromatic rings. The van der Waals surface area contributed by atoms with E-state index in [0.29, 0.717) is 11.5 Å². The van der Waals surface area contributed by atoms with E-state index in [1.54, 1.807) is 23.5 Å². The number of thioether (sulfide) groups is 1. The highest BCUT2D eigenvalue weighted by molar-refractivity contribution is 8.00. The zero-order chi connectivity index (χ0) is 11.7. The van der Waals surface area contributed by atoms with Crippen molar-refractivity contribution in [2.75, 3.05) is 16.8 Å². The molecule has 5 nitrogen and oxygen atoms in total. The van der Waals surface area contributed by atoms with Crippen molar-refractivity contribution in [3.8, 4) is 0 Å². The second-order valence-corrected chi connectivity index (χ2v) is 5.27. The Bertz CT molecular complexity index is 409. The van der Waals surface area contributed by atoms with Crippen LogP contribution in [0.3, 0.4) is 0 Å². The smallest absolute Gasteiger partial charge is 0.238 e. The molecule has 16 heavy (non-hydrogen) atoms. The summed E-state index contributed by atoms with van der Waals surface area (Å²) in [6, 6.07) is 0. The third kappa shape index (κ3) is 2.02. The topological polar surface area (TPSA) is 72.9 Å². The summed E-state index contributed by atoms with van der Waals surface area (Å²) in [5, 5.41) is 7.08. The SMILES string of the molecule is Cc1nn(C)c(NC(=O)C2CCCS2)c1N. The lowest BCUT2D eigenvalue weighted by molar-refractivity contribution is -0.115. The highest BCUT2D eigenvalue weighted by Crippen LogP contribution is 2.28. The molecular weight excluding hydrogens is 224 g/mol. The average Bonchev–Trinajstić information content (AvgIpc) is 2.83. The molecule has 0 bridgehead atoms. The van der Waals surface area contributed by atoms with Gasteiger partial charge in [0.05, 0.1) is 16.6 Å². The first-order valence-electron chi connectivity index (χ1n) is 5.31. The summed E-state index contributed by atoms with van der Waals surface area (Å²) in [7, 11) is 1.78. The predicted octanol–water partition coefficient (Wildman–Crippen LogP) is 1.14. The molecule has 1 unspecified atom stereocenters. The van der Waals surface area contributed by atoms with E-state index in [1.165, 1.54) is 0 Å². The number of carbonyl (C=O) groups excluding carboxylic acids is 1. The van der Waals surface area contributed by atoms with Gasteiger partial charge in [0.25, 0.3) is 0 Å². The van der Waals surface area contributed by atoms with Crippen LogP contribution in [0, 0.1) is 6.92 Å². The molecule has 88 valence electrons. The second kappa shape index (κ2) is 4.37. The van der Waals surface area contributed by atoms with Gasteiger partial charge in [0.2, 0.25) is 5.91 Å². The normalized spacial score (nSPS) is 20.0. The fourth-order valence-corrected chi connectivity index (χ4v) is 2.97. The highest BCUT2D eigenvalue weighted by atomic mass is 32.2. The Morgan fingerprint density at radius 2 is 2.44 bits per heavy atom. The summed E-state index contributed by atoms with van der Waals surface area (Å²) in [5.41, 5.74) is 7.15. The van der Waals surface area contributed by atoms with Crippen molar-refractivity contribution in [1.29, 1.82) is 0 Å². The monoisotopic (exact) mass is 240 g/mol. The van der Waals surface area contributed by atoms with Crippen molar-refractivity contribution in [2.45, 2.75) is 25.0 Å². The van der Waals surface area contributed by atoms with Crippen LogP contribution in [0.2, 0.25) is 0 Å². The molecule has 2 rings (SSSR count). The van der Waals surface area contributed by atoms with Crippen molar-refractivity contribution in [2.24, 2.45) is 7.05 Å². The number of carbonyl (C=O) groups is 1. The Hall–Kier alpha value is -1.17. The second-order valence-electron chi connectivity index (χ2n) is 3.96. The van der Waals surface area contributed by atoms with Gasteiger partial charge in [-0.25, -0.2) is 0 Å². The number of amides is 1. The van der Waals surface area contributed by atoms with E-state index in [-0.39, 0.29) is 11.2 Å². The molecule has 0 aromatic carbocycles. The van der Waals surface area contributed by atoms with Crippen LogP contribution in [0.5, 0.6) is 0 Å².